The van der Waals surface area contributed by atoms with Crippen molar-refractivity contribution in [1.29, 1.82) is 0 Å². The summed E-state index contributed by atoms with van der Waals surface area (Å²) in [6.45, 7) is 0. The molecule has 1 aromatic rings. The van der Waals surface area contributed by atoms with Gasteiger partial charge in [-0.1, -0.05) is 30.3 Å². The van der Waals surface area contributed by atoms with Gasteiger partial charge in [-0.3, -0.25) is 9.59 Å². The van der Waals surface area contributed by atoms with Crippen molar-refractivity contribution in [3.63, 3.8) is 0 Å². The fraction of sp³-hybridized carbons (Fsp3) is 0.526. The van der Waals surface area contributed by atoms with Gasteiger partial charge in [0.25, 0.3) is 0 Å². The van der Waals surface area contributed by atoms with Crippen molar-refractivity contribution in [1.82, 2.24) is 0 Å². The van der Waals surface area contributed by atoms with Crippen LogP contribution in [-0.2, 0) is 16.0 Å². The molecule has 2 atom stereocenters. The quantitative estimate of drug-likeness (QED) is 0.552. The number of amides is 2. The SMILES string of the molecule is NC(=O)C1CCC(O)(C(CC(O)[CH]Cc2ccccc2)C(N)=O)CC1. The second-order valence-corrected chi connectivity index (χ2v) is 6.96. The highest BCUT2D eigenvalue weighted by molar-refractivity contribution is 5.79. The Labute approximate surface area is 148 Å². The van der Waals surface area contributed by atoms with Crippen molar-refractivity contribution >= 4 is 11.8 Å². The van der Waals surface area contributed by atoms with Crippen LogP contribution in [0.3, 0.4) is 0 Å². The largest absolute Gasteiger partial charge is 0.393 e. The molecule has 0 bridgehead atoms. The van der Waals surface area contributed by atoms with Crippen LogP contribution in [-0.4, -0.2) is 33.7 Å². The van der Waals surface area contributed by atoms with Crippen molar-refractivity contribution in [2.24, 2.45) is 23.3 Å². The molecule has 1 radical (unpaired) electrons. The van der Waals surface area contributed by atoms with Crippen LogP contribution in [0.25, 0.3) is 0 Å². The van der Waals surface area contributed by atoms with E-state index in [2.05, 4.69) is 0 Å². The first-order valence-corrected chi connectivity index (χ1v) is 8.68. The number of aliphatic hydroxyl groups is 2. The molecule has 0 saturated heterocycles. The van der Waals surface area contributed by atoms with E-state index in [1.54, 1.807) is 6.42 Å². The molecule has 6 nitrogen and oxygen atoms in total. The Morgan fingerprint density at radius 2 is 1.80 bits per heavy atom. The second-order valence-electron chi connectivity index (χ2n) is 6.96. The fourth-order valence-electron chi connectivity index (χ4n) is 3.57. The Balaban J connectivity index is 1.93. The molecule has 1 aliphatic rings. The molecule has 6 heteroatoms. The predicted molar refractivity (Wildman–Crippen MR) is 93.9 cm³/mol. The van der Waals surface area contributed by atoms with Crippen LogP contribution in [0.1, 0.15) is 37.7 Å². The average Bonchev–Trinajstić information content (AvgIpc) is 2.58. The van der Waals surface area contributed by atoms with Gasteiger partial charge in [0.2, 0.25) is 11.8 Å². The van der Waals surface area contributed by atoms with E-state index in [9.17, 15) is 19.8 Å². The average molecular weight is 347 g/mol. The highest BCUT2D eigenvalue weighted by atomic mass is 16.3. The zero-order valence-electron chi connectivity index (χ0n) is 14.3. The molecule has 2 unspecified atom stereocenters. The molecule has 0 spiro atoms. The van der Waals surface area contributed by atoms with Crippen LogP contribution < -0.4 is 11.5 Å². The van der Waals surface area contributed by atoms with Crippen molar-refractivity contribution in [2.45, 2.75) is 50.2 Å². The van der Waals surface area contributed by atoms with E-state index in [1.807, 2.05) is 30.3 Å². The van der Waals surface area contributed by atoms with Gasteiger partial charge in [0.1, 0.15) is 0 Å². The summed E-state index contributed by atoms with van der Waals surface area (Å²) in [5, 5.41) is 21.1. The molecule has 0 aromatic heterocycles. The van der Waals surface area contributed by atoms with Crippen LogP contribution in [0.5, 0.6) is 0 Å². The fourth-order valence-corrected chi connectivity index (χ4v) is 3.57. The number of hydrogen-bond acceptors (Lipinski definition) is 4. The maximum Gasteiger partial charge on any atom is 0.223 e. The molecule has 1 aromatic carbocycles. The highest BCUT2D eigenvalue weighted by Crippen LogP contribution is 2.39. The monoisotopic (exact) mass is 347 g/mol. The van der Waals surface area contributed by atoms with Crippen LogP contribution in [0.2, 0.25) is 0 Å². The van der Waals surface area contributed by atoms with Crippen molar-refractivity contribution in [3.05, 3.63) is 42.3 Å². The predicted octanol–water partition coefficient (Wildman–Crippen LogP) is 0.692. The first-order valence-electron chi connectivity index (χ1n) is 8.68. The molecule has 2 rings (SSSR count). The normalized spacial score (nSPS) is 25.9. The third-order valence-electron chi connectivity index (χ3n) is 5.19. The minimum absolute atomic E-state index is 0.0694. The van der Waals surface area contributed by atoms with Crippen LogP contribution in [0.4, 0.5) is 0 Å². The summed E-state index contributed by atoms with van der Waals surface area (Å²) in [4.78, 5) is 23.1. The summed E-state index contributed by atoms with van der Waals surface area (Å²) in [5.74, 6) is -2.15. The number of hydrogen-bond donors (Lipinski definition) is 4. The van der Waals surface area contributed by atoms with Gasteiger partial charge in [-0.15, -0.1) is 0 Å². The molecule has 1 aliphatic carbocycles. The summed E-state index contributed by atoms with van der Waals surface area (Å²) in [5.41, 5.74) is 10.6. The summed E-state index contributed by atoms with van der Waals surface area (Å²) in [6.07, 6.45) is 2.91. The summed E-state index contributed by atoms with van der Waals surface area (Å²) in [7, 11) is 0. The van der Waals surface area contributed by atoms with Gasteiger partial charge in [0, 0.05) is 5.92 Å². The van der Waals surface area contributed by atoms with E-state index in [0.717, 1.165) is 5.56 Å². The lowest BCUT2D eigenvalue weighted by atomic mass is 9.70. The lowest BCUT2D eigenvalue weighted by Gasteiger charge is -2.40. The van der Waals surface area contributed by atoms with E-state index >= 15 is 0 Å². The van der Waals surface area contributed by atoms with Crippen molar-refractivity contribution in [3.8, 4) is 0 Å². The van der Waals surface area contributed by atoms with Gasteiger partial charge < -0.3 is 21.7 Å². The summed E-state index contributed by atoms with van der Waals surface area (Å²) in [6, 6.07) is 9.66. The lowest BCUT2D eigenvalue weighted by molar-refractivity contribution is -0.139. The van der Waals surface area contributed by atoms with Gasteiger partial charge in [-0.2, -0.15) is 0 Å². The molecular weight excluding hydrogens is 320 g/mol. The van der Waals surface area contributed by atoms with E-state index in [1.165, 1.54) is 0 Å². The topological polar surface area (TPSA) is 127 Å². The Hall–Kier alpha value is -1.92. The number of carbonyl (C=O) groups excluding carboxylic acids is 2. The molecule has 6 N–H and O–H groups in total. The molecule has 25 heavy (non-hydrogen) atoms. The third-order valence-corrected chi connectivity index (χ3v) is 5.19. The van der Waals surface area contributed by atoms with Gasteiger partial charge in [0.15, 0.2) is 0 Å². The first kappa shape index (κ1) is 19.4. The first-order chi connectivity index (χ1) is 11.8. The van der Waals surface area contributed by atoms with Crippen molar-refractivity contribution < 1.29 is 19.8 Å². The van der Waals surface area contributed by atoms with Gasteiger partial charge in [-0.05, 0) is 50.5 Å². The number of rotatable bonds is 8. The summed E-state index contributed by atoms with van der Waals surface area (Å²) < 4.78 is 0. The van der Waals surface area contributed by atoms with E-state index in [4.69, 9.17) is 11.5 Å². The van der Waals surface area contributed by atoms with Crippen molar-refractivity contribution in [2.75, 3.05) is 0 Å². The van der Waals surface area contributed by atoms with E-state index < -0.39 is 23.5 Å². The number of nitrogens with two attached hydrogens (primary N) is 2. The Kier molecular flexibility index (Phi) is 6.56. The third kappa shape index (κ3) is 5.28. The second kappa shape index (κ2) is 8.45. The van der Waals surface area contributed by atoms with Gasteiger partial charge in [0.05, 0.1) is 17.6 Å². The summed E-state index contributed by atoms with van der Waals surface area (Å²) >= 11 is 0. The zero-order chi connectivity index (χ0) is 18.4. The minimum atomic E-state index is -1.29. The highest BCUT2D eigenvalue weighted by Gasteiger charge is 2.44. The van der Waals surface area contributed by atoms with E-state index in [0.29, 0.717) is 19.3 Å². The molecule has 2 amide bonds. The molecule has 137 valence electrons. The van der Waals surface area contributed by atoms with Gasteiger partial charge >= 0.3 is 0 Å². The smallest absolute Gasteiger partial charge is 0.223 e. The Morgan fingerprint density at radius 3 is 2.32 bits per heavy atom. The Morgan fingerprint density at radius 1 is 1.20 bits per heavy atom. The maximum absolute atomic E-state index is 11.9. The van der Waals surface area contributed by atoms with Crippen LogP contribution in [0, 0.1) is 18.3 Å². The zero-order valence-corrected chi connectivity index (χ0v) is 14.3. The van der Waals surface area contributed by atoms with Gasteiger partial charge in [-0.25, -0.2) is 0 Å². The molecule has 1 fully saturated rings. The molecular formula is C19H27N2O4. The lowest BCUT2D eigenvalue weighted by Crippen LogP contribution is -2.49. The molecule has 0 heterocycles. The number of benzene rings is 1. The standard InChI is InChI=1S/C19H27N2O4/c20-17(23)14-8-10-19(25,11-9-14)16(18(21)24)12-15(22)7-6-13-4-2-1-3-5-13/h1-5,7,14-16,22,25H,6,8-12H2,(H2,20,23)(H2,21,24). The van der Waals surface area contributed by atoms with E-state index in [-0.39, 0.29) is 31.1 Å². The minimum Gasteiger partial charge on any atom is -0.393 e. The maximum atomic E-state index is 11.9. The number of primary amides is 2. The Bertz CT molecular complexity index is 582. The number of carbonyl (C=O) groups is 2. The number of aliphatic hydroxyl groups excluding tert-OH is 1. The van der Waals surface area contributed by atoms with Crippen LogP contribution in [0.15, 0.2) is 30.3 Å². The van der Waals surface area contributed by atoms with Crippen LogP contribution >= 0.6 is 0 Å². The molecule has 1 saturated carbocycles. The molecule has 0 aliphatic heterocycles.